The van der Waals surface area contributed by atoms with Crippen molar-refractivity contribution < 1.29 is 19.4 Å². The third-order valence-corrected chi connectivity index (χ3v) is 3.01. The zero-order chi connectivity index (χ0) is 15.7. The lowest BCUT2D eigenvalue weighted by Crippen LogP contribution is -2.42. The summed E-state index contributed by atoms with van der Waals surface area (Å²) in [7, 11) is 1.58. The number of nitrogens with one attached hydrogen (secondary N) is 2. The summed E-state index contributed by atoms with van der Waals surface area (Å²) in [4.78, 5) is 22.6. The van der Waals surface area contributed by atoms with Gasteiger partial charge in [-0.3, -0.25) is 14.9 Å². The lowest BCUT2D eigenvalue weighted by molar-refractivity contribution is -0.139. The van der Waals surface area contributed by atoms with Crippen LogP contribution in [0.4, 0.5) is 0 Å². The number of carbonyl (C=O) groups is 2. The predicted molar refractivity (Wildman–Crippen MR) is 86.4 cm³/mol. The molecule has 0 aliphatic rings. The Hall–Kier alpha value is -1.79. The van der Waals surface area contributed by atoms with Gasteiger partial charge in [0, 0.05) is 6.54 Å². The van der Waals surface area contributed by atoms with E-state index in [1.165, 1.54) is 0 Å². The Labute approximate surface area is 136 Å². The van der Waals surface area contributed by atoms with Crippen molar-refractivity contribution in [1.82, 2.24) is 10.6 Å². The number of carboxylic acid groups (broad SMARTS) is 1. The van der Waals surface area contributed by atoms with Gasteiger partial charge in [-0.1, -0.05) is 25.5 Å². The van der Waals surface area contributed by atoms with Gasteiger partial charge in [-0.25, -0.2) is 0 Å². The molecule has 124 valence electrons. The zero-order valence-corrected chi connectivity index (χ0v) is 13.6. The van der Waals surface area contributed by atoms with Crippen molar-refractivity contribution in [3.05, 3.63) is 29.8 Å². The van der Waals surface area contributed by atoms with E-state index in [0.717, 1.165) is 17.7 Å². The first-order valence-electron chi connectivity index (χ1n) is 6.92. The summed E-state index contributed by atoms with van der Waals surface area (Å²) in [5.41, 5.74) is 0.922. The Balaban J connectivity index is 0.00000441. The lowest BCUT2D eigenvalue weighted by Gasteiger charge is -2.13. The molecule has 1 rings (SSSR count). The van der Waals surface area contributed by atoms with Gasteiger partial charge in [0.15, 0.2) is 0 Å². The second kappa shape index (κ2) is 10.9. The molecule has 1 unspecified atom stereocenters. The van der Waals surface area contributed by atoms with Crippen LogP contribution < -0.4 is 15.4 Å². The molecule has 0 saturated carbocycles. The van der Waals surface area contributed by atoms with Crippen molar-refractivity contribution in [2.75, 3.05) is 13.7 Å². The number of methoxy groups -OCH3 is 1. The number of carbonyl (C=O) groups excluding carboxylic acids is 1. The molecule has 0 spiro atoms. The fourth-order valence-electron chi connectivity index (χ4n) is 1.86. The summed E-state index contributed by atoms with van der Waals surface area (Å²) in [5.74, 6) is -0.439. The molecule has 3 N–H and O–H groups in total. The van der Waals surface area contributed by atoms with Crippen molar-refractivity contribution in [1.29, 1.82) is 0 Å². The molecular formula is C15H23ClN2O4. The molecule has 0 fully saturated rings. The molecule has 0 aliphatic heterocycles. The van der Waals surface area contributed by atoms with Gasteiger partial charge in [0.2, 0.25) is 5.91 Å². The van der Waals surface area contributed by atoms with Crippen LogP contribution in [0.3, 0.4) is 0 Å². The highest BCUT2D eigenvalue weighted by atomic mass is 35.5. The first kappa shape index (κ1) is 20.2. The average Bonchev–Trinajstić information content (AvgIpc) is 2.49. The largest absolute Gasteiger partial charge is 0.497 e. The van der Waals surface area contributed by atoms with Gasteiger partial charge in [-0.05, 0) is 24.1 Å². The molecule has 0 radical (unpaired) electrons. The van der Waals surface area contributed by atoms with Gasteiger partial charge < -0.3 is 15.2 Å². The Morgan fingerprint density at radius 3 is 2.68 bits per heavy atom. The van der Waals surface area contributed by atoms with E-state index in [4.69, 9.17) is 9.84 Å². The number of hydrogen-bond acceptors (Lipinski definition) is 4. The van der Waals surface area contributed by atoms with Gasteiger partial charge in [-0.15, -0.1) is 12.4 Å². The van der Waals surface area contributed by atoms with Gasteiger partial charge in [-0.2, -0.15) is 0 Å². The molecule has 1 amide bonds. The molecule has 6 nitrogen and oxygen atoms in total. The number of hydrogen-bond donors (Lipinski definition) is 3. The summed E-state index contributed by atoms with van der Waals surface area (Å²) in [6.07, 6.45) is 1.24. The molecule has 0 aromatic heterocycles. The monoisotopic (exact) mass is 330 g/mol. The summed E-state index contributed by atoms with van der Waals surface area (Å²) < 4.78 is 5.10. The minimum absolute atomic E-state index is 0. The van der Waals surface area contributed by atoms with Crippen molar-refractivity contribution >= 4 is 24.3 Å². The van der Waals surface area contributed by atoms with E-state index in [1.807, 2.05) is 31.2 Å². The number of carboxylic acids is 1. The second-order valence-corrected chi connectivity index (χ2v) is 4.69. The van der Waals surface area contributed by atoms with E-state index in [9.17, 15) is 9.59 Å². The highest BCUT2D eigenvalue weighted by Gasteiger charge is 2.16. The van der Waals surface area contributed by atoms with Crippen LogP contribution in [0.15, 0.2) is 24.3 Å². The van der Waals surface area contributed by atoms with Crippen LogP contribution in [0.1, 0.15) is 25.3 Å². The second-order valence-electron chi connectivity index (χ2n) is 4.69. The number of rotatable bonds is 9. The van der Waals surface area contributed by atoms with E-state index in [2.05, 4.69) is 10.6 Å². The molecule has 1 atom stereocenters. The van der Waals surface area contributed by atoms with Crippen LogP contribution in [0.2, 0.25) is 0 Å². The predicted octanol–water partition coefficient (Wildman–Crippen LogP) is 1.58. The minimum Gasteiger partial charge on any atom is -0.497 e. The minimum atomic E-state index is -0.933. The normalized spacial score (nSPS) is 11.2. The van der Waals surface area contributed by atoms with Crippen LogP contribution in [0, 0.1) is 0 Å². The molecular weight excluding hydrogens is 308 g/mol. The quantitative estimate of drug-likeness (QED) is 0.640. The molecule has 0 saturated heterocycles. The molecule has 0 heterocycles. The SMILES string of the molecule is CCCC(NCC(=O)NCc1cccc(OC)c1)C(=O)O.Cl. The van der Waals surface area contributed by atoms with Gasteiger partial charge in [0.25, 0.3) is 0 Å². The zero-order valence-electron chi connectivity index (χ0n) is 12.8. The first-order valence-corrected chi connectivity index (χ1v) is 6.92. The molecule has 1 aromatic carbocycles. The van der Waals surface area contributed by atoms with E-state index in [1.54, 1.807) is 7.11 Å². The van der Waals surface area contributed by atoms with Crippen LogP contribution in [-0.2, 0) is 16.1 Å². The van der Waals surface area contributed by atoms with Crippen molar-refractivity contribution in [3.63, 3.8) is 0 Å². The van der Waals surface area contributed by atoms with Crippen LogP contribution in [0.5, 0.6) is 5.75 Å². The number of benzene rings is 1. The first-order chi connectivity index (χ1) is 10.1. The molecule has 22 heavy (non-hydrogen) atoms. The van der Waals surface area contributed by atoms with E-state index >= 15 is 0 Å². The van der Waals surface area contributed by atoms with E-state index in [0.29, 0.717) is 13.0 Å². The number of halogens is 1. The molecule has 1 aromatic rings. The van der Waals surface area contributed by atoms with Gasteiger partial charge in [0.1, 0.15) is 11.8 Å². The van der Waals surface area contributed by atoms with Crippen LogP contribution in [0.25, 0.3) is 0 Å². The van der Waals surface area contributed by atoms with Crippen LogP contribution >= 0.6 is 12.4 Å². The Bertz CT molecular complexity index is 482. The Morgan fingerprint density at radius 1 is 1.36 bits per heavy atom. The highest BCUT2D eigenvalue weighted by molar-refractivity contribution is 5.85. The fraction of sp³-hybridized carbons (Fsp3) is 0.467. The van der Waals surface area contributed by atoms with E-state index < -0.39 is 12.0 Å². The Kier molecular flexibility index (Phi) is 9.98. The number of ether oxygens (including phenoxy) is 1. The topological polar surface area (TPSA) is 87.7 Å². The summed E-state index contributed by atoms with van der Waals surface area (Å²) in [5, 5.41) is 14.5. The third-order valence-electron chi connectivity index (χ3n) is 3.01. The maximum Gasteiger partial charge on any atom is 0.320 e. The molecule has 0 aliphatic carbocycles. The Morgan fingerprint density at radius 2 is 2.09 bits per heavy atom. The summed E-state index contributed by atoms with van der Waals surface area (Å²) >= 11 is 0. The number of amides is 1. The molecule has 0 bridgehead atoms. The fourth-order valence-corrected chi connectivity index (χ4v) is 1.86. The smallest absolute Gasteiger partial charge is 0.320 e. The van der Waals surface area contributed by atoms with Crippen molar-refractivity contribution in [2.45, 2.75) is 32.4 Å². The van der Waals surface area contributed by atoms with Gasteiger partial charge in [0.05, 0.1) is 13.7 Å². The summed E-state index contributed by atoms with van der Waals surface area (Å²) in [6, 6.07) is 6.71. The van der Waals surface area contributed by atoms with Crippen molar-refractivity contribution in [3.8, 4) is 5.75 Å². The van der Waals surface area contributed by atoms with Crippen molar-refractivity contribution in [2.24, 2.45) is 0 Å². The van der Waals surface area contributed by atoms with Crippen LogP contribution in [-0.4, -0.2) is 36.7 Å². The summed E-state index contributed by atoms with van der Waals surface area (Å²) in [6.45, 7) is 2.27. The standard InChI is InChI=1S/C15H22N2O4.ClH/c1-3-5-13(15(19)20)16-10-14(18)17-9-11-6-4-7-12(8-11)21-2;/h4,6-8,13,16H,3,5,9-10H2,1-2H3,(H,17,18)(H,19,20);1H. The number of aliphatic carboxylic acids is 1. The maximum atomic E-state index is 11.7. The molecule has 7 heteroatoms. The third kappa shape index (κ3) is 7.28. The lowest BCUT2D eigenvalue weighted by atomic mass is 10.1. The maximum absolute atomic E-state index is 11.7. The highest BCUT2D eigenvalue weighted by Crippen LogP contribution is 2.11. The average molecular weight is 331 g/mol. The van der Waals surface area contributed by atoms with E-state index in [-0.39, 0.29) is 24.9 Å². The van der Waals surface area contributed by atoms with Gasteiger partial charge >= 0.3 is 5.97 Å².